The predicted octanol–water partition coefficient (Wildman–Crippen LogP) is 3.23. The lowest BCUT2D eigenvalue weighted by molar-refractivity contribution is 0.0342. The molecule has 0 radical (unpaired) electrons. The van der Waals surface area contributed by atoms with E-state index in [1.54, 1.807) is 0 Å². The van der Waals surface area contributed by atoms with Gasteiger partial charge in [-0.15, -0.1) is 0 Å². The first-order valence-electron chi connectivity index (χ1n) is 9.73. The van der Waals surface area contributed by atoms with Crippen LogP contribution in [0.2, 0.25) is 0 Å². The predicted molar refractivity (Wildman–Crippen MR) is 112 cm³/mol. The van der Waals surface area contributed by atoms with E-state index in [2.05, 4.69) is 21.8 Å². The minimum absolute atomic E-state index is 0.284. The van der Waals surface area contributed by atoms with Gasteiger partial charge in [-0.25, -0.2) is 13.1 Å². The van der Waals surface area contributed by atoms with Gasteiger partial charge in [-0.1, -0.05) is 30.3 Å². The number of rotatable bonds is 6. The lowest BCUT2D eigenvalue weighted by atomic mass is 10.0. The van der Waals surface area contributed by atoms with Gasteiger partial charge in [0.15, 0.2) is 0 Å². The first kappa shape index (κ1) is 21.0. The smallest absolute Gasteiger partial charge is 0.241 e. The maximum absolute atomic E-state index is 13.0. The monoisotopic (exact) mass is 402 g/mol. The van der Waals surface area contributed by atoms with Gasteiger partial charge < -0.3 is 4.74 Å². The van der Waals surface area contributed by atoms with Crippen LogP contribution in [-0.2, 0) is 27.8 Å². The lowest BCUT2D eigenvalue weighted by Gasteiger charge is -2.26. The highest BCUT2D eigenvalue weighted by molar-refractivity contribution is 7.89. The minimum Gasteiger partial charge on any atom is -0.379 e. The molecule has 5 nitrogen and oxygen atoms in total. The van der Waals surface area contributed by atoms with Gasteiger partial charge in [0, 0.05) is 26.2 Å². The highest BCUT2D eigenvalue weighted by atomic mass is 32.2. The van der Waals surface area contributed by atoms with Crippen molar-refractivity contribution in [2.75, 3.05) is 26.3 Å². The van der Waals surface area contributed by atoms with Gasteiger partial charge in [0.05, 0.1) is 18.1 Å². The number of nitrogens with zero attached hydrogens (tertiary/aromatic N) is 1. The van der Waals surface area contributed by atoms with Crippen molar-refractivity contribution in [1.29, 1.82) is 0 Å². The molecule has 0 aromatic heterocycles. The zero-order chi connectivity index (χ0) is 20.3. The second-order valence-electron chi connectivity index (χ2n) is 7.62. The molecule has 1 fully saturated rings. The number of aryl methyl sites for hydroxylation is 2. The summed E-state index contributed by atoms with van der Waals surface area (Å²) in [6.45, 7) is 12.3. The fraction of sp³-hybridized carbons (Fsp3) is 0.455. The number of sulfonamides is 1. The summed E-state index contributed by atoms with van der Waals surface area (Å²) >= 11 is 0. The molecule has 0 atom stereocenters. The molecule has 1 aliphatic rings. The van der Waals surface area contributed by atoms with Crippen LogP contribution in [0.15, 0.2) is 35.2 Å². The van der Waals surface area contributed by atoms with Gasteiger partial charge in [-0.2, -0.15) is 0 Å². The Morgan fingerprint density at radius 1 is 0.929 bits per heavy atom. The third kappa shape index (κ3) is 4.81. The standard InChI is InChI=1S/C22H30N2O3S/c1-16-13-17(2)19(4)22(18(16)3)28(25,26)23-14-20-5-7-21(8-6-20)15-24-9-11-27-12-10-24/h5-8,13,23H,9-12,14-15H2,1-4H3. The fourth-order valence-corrected chi connectivity index (χ4v) is 5.24. The Kier molecular flexibility index (Phi) is 6.55. The minimum atomic E-state index is -3.57. The van der Waals surface area contributed by atoms with Gasteiger partial charge >= 0.3 is 0 Å². The number of morpholine rings is 1. The van der Waals surface area contributed by atoms with Gasteiger partial charge in [0.2, 0.25) is 10.0 Å². The summed E-state index contributed by atoms with van der Waals surface area (Å²) in [4.78, 5) is 2.78. The number of ether oxygens (including phenoxy) is 1. The SMILES string of the molecule is Cc1cc(C)c(C)c(S(=O)(=O)NCc2ccc(CN3CCOCC3)cc2)c1C. The third-order valence-corrected chi connectivity index (χ3v) is 7.24. The number of nitrogens with one attached hydrogen (secondary N) is 1. The van der Waals surface area contributed by atoms with Crippen LogP contribution in [-0.4, -0.2) is 39.6 Å². The Balaban J connectivity index is 1.68. The van der Waals surface area contributed by atoms with E-state index in [9.17, 15) is 8.42 Å². The highest BCUT2D eigenvalue weighted by Gasteiger charge is 2.21. The van der Waals surface area contributed by atoms with Gasteiger partial charge in [-0.05, 0) is 61.1 Å². The summed E-state index contributed by atoms with van der Waals surface area (Å²) in [7, 11) is -3.57. The van der Waals surface area contributed by atoms with Crippen LogP contribution < -0.4 is 4.72 Å². The number of hydrogen-bond acceptors (Lipinski definition) is 4. The summed E-state index contributed by atoms with van der Waals surface area (Å²) < 4.78 is 34.1. The molecule has 1 heterocycles. The van der Waals surface area contributed by atoms with Crippen molar-refractivity contribution in [1.82, 2.24) is 9.62 Å². The van der Waals surface area contributed by atoms with Crippen molar-refractivity contribution in [2.45, 2.75) is 45.7 Å². The molecule has 1 saturated heterocycles. The van der Waals surface area contributed by atoms with Crippen molar-refractivity contribution < 1.29 is 13.2 Å². The molecule has 152 valence electrons. The summed E-state index contributed by atoms with van der Waals surface area (Å²) in [6, 6.07) is 10.2. The average molecular weight is 403 g/mol. The van der Waals surface area contributed by atoms with Crippen molar-refractivity contribution in [2.24, 2.45) is 0 Å². The second-order valence-corrected chi connectivity index (χ2v) is 9.32. The maximum Gasteiger partial charge on any atom is 0.241 e. The molecule has 3 rings (SSSR count). The Bertz CT molecular complexity index is 905. The summed E-state index contributed by atoms with van der Waals surface area (Å²) in [5, 5.41) is 0. The summed E-state index contributed by atoms with van der Waals surface area (Å²) in [5.41, 5.74) is 5.81. The molecule has 1 aliphatic heterocycles. The summed E-state index contributed by atoms with van der Waals surface area (Å²) in [5.74, 6) is 0. The molecule has 0 amide bonds. The number of hydrogen-bond donors (Lipinski definition) is 1. The van der Waals surface area contributed by atoms with Crippen LogP contribution >= 0.6 is 0 Å². The molecular formula is C22H30N2O3S. The van der Waals surface area contributed by atoms with Crippen molar-refractivity contribution >= 4 is 10.0 Å². The third-order valence-electron chi connectivity index (χ3n) is 5.57. The van der Waals surface area contributed by atoms with Gasteiger partial charge in [0.25, 0.3) is 0 Å². The topological polar surface area (TPSA) is 58.6 Å². The van der Waals surface area contributed by atoms with Crippen molar-refractivity contribution in [3.8, 4) is 0 Å². The van der Waals surface area contributed by atoms with E-state index in [0.717, 1.165) is 60.7 Å². The molecule has 2 aromatic rings. The van der Waals surface area contributed by atoms with E-state index >= 15 is 0 Å². The number of benzene rings is 2. The highest BCUT2D eigenvalue weighted by Crippen LogP contribution is 2.26. The van der Waals surface area contributed by atoms with Crippen molar-refractivity contribution in [3.63, 3.8) is 0 Å². The lowest BCUT2D eigenvalue weighted by Crippen LogP contribution is -2.35. The molecule has 28 heavy (non-hydrogen) atoms. The second kappa shape index (κ2) is 8.74. The van der Waals surface area contributed by atoms with Crippen LogP contribution in [0.4, 0.5) is 0 Å². The zero-order valence-corrected chi connectivity index (χ0v) is 18.0. The molecule has 0 unspecified atom stereocenters. The fourth-order valence-electron chi connectivity index (χ4n) is 3.61. The molecule has 0 aliphatic carbocycles. The normalized spacial score (nSPS) is 15.7. The molecular weight excluding hydrogens is 372 g/mol. The van der Waals surface area contributed by atoms with Crippen LogP contribution in [0, 0.1) is 27.7 Å². The Labute approximate surface area is 168 Å². The Hall–Kier alpha value is -1.73. The van der Waals surface area contributed by atoms with Crippen LogP contribution in [0.3, 0.4) is 0 Å². The van der Waals surface area contributed by atoms with E-state index in [4.69, 9.17) is 4.74 Å². The van der Waals surface area contributed by atoms with E-state index in [0.29, 0.717) is 4.90 Å². The molecule has 0 saturated carbocycles. The van der Waals surface area contributed by atoms with E-state index in [1.807, 2.05) is 45.9 Å². The van der Waals surface area contributed by atoms with Crippen LogP contribution in [0.1, 0.15) is 33.4 Å². The van der Waals surface area contributed by atoms with E-state index in [-0.39, 0.29) is 6.54 Å². The Morgan fingerprint density at radius 3 is 2.04 bits per heavy atom. The molecule has 0 spiro atoms. The average Bonchev–Trinajstić information content (AvgIpc) is 2.67. The molecule has 2 aromatic carbocycles. The summed E-state index contributed by atoms with van der Waals surface area (Å²) in [6.07, 6.45) is 0. The zero-order valence-electron chi connectivity index (χ0n) is 17.2. The van der Waals surface area contributed by atoms with Gasteiger partial charge in [-0.3, -0.25) is 4.90 Å². The van der Waals surface area contributed by atoms with Crippen LogP contribution in [0.25, 0.3) is 0 Å². The van der Waals surface area contributed by atoms with Crippen LogP contribution in [0.5, 0.6) is 0 Å². The van der Waals surface area contributed by atoms with E-state index in [1.165, 1.54) is 5.56 Å². The largest absolute Gasteiger partial charge is 0.379 e. The Morgan fingerprint density at radius 2 is 1.46 bits per heavy atom. The maximum atomic E-state index is 13.0. The quantitative estimate of drug-likeness (QED) is 0.806. The molecule has 1 N–H and O–H groups in total. The first-order chi connectivity index (χ1) is 13.3. The molecule has 6 heteroatoms. The van der Waals surface area contributed by atoms with E-state index < -0.39 is 10.0 Å². The molecule has 0 bridgehead atoms. The first-order valence-corrected chi connectivity index (χ1v) is 11.2. The van der Waals surface area contributed by atoms with Gasteiger partial charge in [0.1, 0.15) is 0 Å². The van der Waals surface area contributed by atoms with Crippen molar-refractivity contribution in [3.05, 3.63) is 63.7 Å².